The summed E-state index contributed by atoms with van der Waals surface area (Å²) in [5.74, 6) is 0.823. The first-order valence-electron chi connectivity index (χ1n) is 8.79. The highest BCUT2D eigenvalue weighted by Crippen LogP contribution is 2.38. The van der Waals surface area contributed by atoms with Gasteiger partial charge in [-0.15, -0.1) is 5.10 Å². The number of aromatic nitrogens is 4. The van der Waals surface area contributed by atoms with Crippen LogP contribution < -0.4 is 0 Å². The van der Waals surface area contributed by atoms with Crippen molar-refractivity contribution in [1.29, 1.82) is 0 Å². The molecule has 6 heteroatoms. The zero-order valence-corrected chi connectivity index (χ0v) is 14.1. The zero-order valence-electron chi connectivity index (χ0n) is 14.1. The molecule has 2 aromatic heterocycles. The third kappa shape index (κ3) is 3.18. The van der Waals surface area contributed by atoms with E-state index < -0.39 is 0 Å². The Morgan fingerprint density at radius 3 is 3.00 bits per heavy atom. The summed E-state index contributed by atoms with van der Waals surface area (Å²) < 4.78 is 1.92. The number of pyridine rings is 1. The highest BCUT2D eigenvalue weighted by Gasteiger charge is 2.30. The van der Waals surface area contributed by atoms with Gasteiger partial charge in [-0.3, -0.25) is 14.5 Å². The average Bonchev–Trinajstić information content (AvgIpc) is 3.14. The molecule has 2 aliphatic rings. The molecule has 1 saturated heterocycles. The van der Waals surface area contributed by atoms with Crippen molar-refractivity contribution in [2.45, 2.75) is 57.5 Å². The van der Waals surface area contributed by atoms with Gasteiger partial charge in [0, 0.05) is 31.1 Å². The fraction of sp³-hybridized carbons (Fsp3) is 0.556. The molecule has 24 heavy (non-hydrogen) atoms. The molecule has 1 saturated carbocycles. The maximum atomic E-state index is 12.8. The molecule has 0 unspecified atom stereocenters. The predicted octanol–water partition coefficient (Wildman–Crippen LogP) is 2.09. The van der Waals surface area contributed by atoms with Crippen LogP contribution in [0.15, 0.2) is 24.7 Å². The first-order valence-corrected chi connectivity index (χ1v) is 8.79. The minimum Gasteiger partial charge on any atom is -0.338 e. The van der Waals surface area contributed by atoms with E-state index in [4.69, 9.17) is 0 Å². The summed E-state index contributed by atoms with van der Waals surface area (Å²) in [6.45, 7) is 3.60. The maximum Gasteiger partial charge on any atom is 0.227 e. The van der Waals surface area contributed by atoms with Gasteiger partial charge in [-0.05, 0) is 49.8 Å². The minimum atomic E-state index is 0.203. The largest absolute Gasteiger partial charge is 0.338 e. The first kappa shape index (κ1) is 15.3. The van der Waals surface area contributed by atoms with Crippen molar-refractivity contribution in [3.05, 3.63) is 41.5 Å². The fourth-order valence-electron chi connectivity index (χ4n) is 3.50. The van der Waals surface area contributed by atoms with Crippen molar-refractivity contribution in [3.63, 3.8) is 0 Å². The molecule has 0 N–H and O–H groups in total. The number of carbonyl (C=O) groups is 1. The summed E-state index contributed by atoms with van der Waals surface area (Å²) in [5, 5.41) is 8.53. The van der Waals surface area contributed by atoms with Gasteiger partial charge in [0.25, 0.3) is 0 Å². The molecule has 126 valence electrons. The van der Waals surface area contributed by atoms with Crippen LogP contribution in [-0.4, -0.2) is 43.4 Å². The Labute approximate surface area is 141 Å². The molecule has 0 spiro atoms. The number of rotatable bonds is 5. The van der Waals surface area contributed by atoms with E-state index in [0.717, 1.165) is 42.8 Å². The summed E-state index contributed by atoms with van der Waals surface area (Å²) in [4.78, 5) is 18.9. The zero-order chi connectivity index (χ0) is 16.5. The lowest BCUT2D eigenvalue weighted by molar-refractivity contribution is -0.131. The number of hydrogen-bond donors (Lipinski definition) is 0. The van der Waals surface area contributed by atoms with Gasteiger partial charge in [0.2, 0.25) is 5.91 Å². The van der Waals surface area contributed by atoms with E-state index >= 15 is 0 Å². The minimum absolute atomic E-state index is 0.203. The Hall–Kier alpha value is -2.24. The van der Waals surface area contributed by atoms with Crippen LogP contribution in [0.5, 0.6) is 0 Å². The van der Waals surface area contributed by atoms with Crippen LogP contribution in [0.25, 0.3) is 0 Å². The Balaban J connectivity index is 1.41. The number of carbonyl (C=O) groups excluding carboxylic acids is 1. The van der Waals surface area contributed by atoms with Gasteiger partial charge >= 0.3 is 0 Å². The van der Waals surface area contributed by atoms with Gasteiger partial charge in [0.1, 0.15) is 0 Å². The molecule has 1 aliphatic carbocycles. The molecule has 0 aromatic carbocycles. The van der Waals surface area contributed by atoms with Crippen LogP contribution in [0.1, 0.15) is 48.4 Å². The molecule has 2 aromatic rings. The lowest BCUT2D eigenvalue weighted by atomic mass is 10.1. The molecule has 1 aliphatic heterocycles. The highest BCUT2D eigenvalue weighted by atomic mass is 16.2. The van der Waals surface area contributed by atoms with Gasteiger partial charge in [0.15, 0.2) is 0 Å². The molecule has 1 atom stereocenters. The quantitative estimate of drug-likeness (QED) is 0.844. The Morgan fingerprint density at radius 1 is 1.33 bits per heavy atom. The topological polar surface area (TPSA) is 63.9 Å². The molecule has 0 bridgehead atoms. The maximum absolute atomic E-state index is 12.8. The molecular weight excluding hydrogens is 302 g/mol. The Bertz CT molecular complexity index is 737. The van der Waals surface area contributed by atoms with Crippen LogP contribution in [0.4, 0.5) is 0 Å². The van der Waals surface area contributed by atoms with Crippen LogP contribution in [0.2, 0.25) is 0 Å². The first-order chi connectivity index (χ1) is 11.7. The summed E-state index contributed by atoms with van der Waals surface area (Å²) in [5.41, 5.74) is 3.25. The van der Waals surface area contributed by atoms with Crippen LogP contribution in [0.3, 0.4) is 0 Å². The summed E-state index contributed by atoms with van der Waals surface area (Å²) >= 11 is 0. The summed E-state index contributed by atoms with van der Waals surface area (Å²) in [6, 6.07) is 2.17. The second-order valence-electron chi connectivity index (χ2n) is 7.00. The van der Waals surface area contributed by atoms with Crippen LogP contribution in [-0.2, 0) is 17.8 Å². The van der Waals surface area contributed by atoms with Crippen LogP contribution in [0, 0.1) is 6.92 Å². The van der Waals surface area contributed by atoms with Gasteiger partial charge < -0.3 is 4.90 Å². The third-order valence-electron chi connectivity index (χ3n) is 5.13. The number of amides is 1. The van der Waals surface area contributed by atoms with E-state index in [1.54, 1.807) is 6.20 Å². The SMILES string of the molecule is Cc1cnccc1CC(=O)N1CCC[C@H]1Cn1cc(C2CC2)nn1. The second kappa shape index (κ2) is 6.34. The molecule has 0 radical (unpaired) electrons. The van der Waals surface area contributed by atoms with E-state index in [-0.39, 0.29) is 11.9 Å². The van der Waals surface area contributed by atoms with Gasteiger partial charge in [-0.2, -0.15) is 0 Å². The van der Waals surface area contributed by atoms with Crippen molar-refractivity contribution in [3.8, 4) is 0 Å². The van der Waals surface area contributed by atoms with Crippen molar-refractivity contribution < 1.29 is 4.79 Å². The summed E-state index contributed by atoms with van der Waals surface area (Å²) in [7, 11) is 0. The highest BCUT2D eigenvalue weighted by molar-refractivity contribution is 5.79. The normalized spacial score (nSPS) is 20.5. The molecule has 2 fully saturated rings. The van der Waals surface area contributed by atoms with Crippen molar-refractivity contribution in [2.24, 2.45) is 0 Å². The lowest BCUT2D eigenvalue weighted by Gasteiger charge is -2.25. The van der Waals surface area contributed by atoms with E-state index in [1.807, 2.05) is 28.8 Å². The van der Waals surface area contributed by atoms with Crippen molar-refractivity contribution in [1.82, 2.24) is 24.9 Å². The predicted molar refractivity (Wildman–Crippen MR) is 89.4 cm³/mol. The van der Waals surface area contributed by atoms with Crippen molar-refractivity contribution in [2.75, 3.05) is 6.54 Å². The van der Waals surface area contributed by atoms with Gasteiger partial charge in [0.05, 0.1) is 24.7 Å². The van der Waals surface area contributed by atoms with E-state index in [0.29, 0.717) is 12.3 Å². The monoisotopic (exact) mass is 325 g/mol. The number of hydrogen-bond acceptors (Lipinski definition) is 4. The Morgan fingerprint density at radius 2 is 2.21 bits per heavy atom. The summed E-state index contributed by atoms with van der Waals surface area (Å²) in [6.07, 6.45) is 10.7. The van der Waals surface area contributed by atoms with E-state index in [9.17, 15) is 4.79 Å². The number of aryl methyl sites for hydroxylation is 1. The number of likely N-dealkylation sites (tertiary alicyclic amines) is 1. The average molecular weight is 325 g/mol. The lowest BCUT2D eigenvalue weighted by Crippen LogP contribution is -2.39. The third-order valence-corrected chi connectivity index (χ3v) is 5.13. The molecule has 1 amide bonds. The van der Waals surface area contributed by atoms with Crippen molar-refractivity contribution >= 4 is 5.91 Å². The fourth-order valence-corrected chi connectivity index (χ4v) is 3.50. The number of nitrogens with zero attached hydrogens (tertiary/aromatic N) is 5. The Kier molecular flexibility index (Phi) is 4.04. The molecular formula is C18H23N5O. The molecule has 6 nitrogen and oxygen atoms in total. The molecule has 4 rings (SSSR count). The molecule has 3 heterocycles. The smallest absolute Gasteiger partial charge is 0.227 e. The van der Waals surface area contributed by atoms with E-state index in [2.05, 4.69) is 21.5 Å². The van der Waals surface area contributed by atoms with Gasteiger partial charge in [-0.25, -0.2) is 0 Å². The van der Waals surface area contributed by atoms with E-state index in [1.165, 1.54) is 12.8 Å². The van der Waals surface area contributed by atoms with Gasteiger partial charge in [-0.1, -0.05) is 5.21 Å². The second-order valence-corrected chi connectivity index (χ2v) is 7.00. The van der Waals surface area contributed by atoms with Crippen LogP contribution >= 0.6 is 0 Å². The standard InChI is InChI=1S/C18H23N5O/c1-13-10-19-7-6-15(13)9-18(24)23-8-2-3-16(23)11-22-12-17(20-21-22)14-4-5-14/h6-7,10,12,14,16H,2-5,8-9,11H2,1H3/t16-/m0/s1.